The third-order valence-electron chi connectivity index (χ3n) is 2.54. The fourth-order valence-electron chi connectivity index (χ4n) is 1.71. The van der Waals surface area contributed by atoms with Gasteiger partial charge in [0.25, 0.3) is 0 Å². The Hall–Kier alpha value is -1.39. The number of hydrogen-bond acceptors (Lipinski definition) is 4. The van der Waals surface area contributed by atoms with Crippen molar-refractivity contribution in [2.45, 2.75) is 32.5 Å². The highest BCUT2D eigenvalue weighted by Gasteiger charge is 2.23. The highest BCUT2D eigenvalue weighted by Crippen LogP contribution is 2.23. The normalized spacial score (nSPS) is 13.9. The number of ether oxygens (including phenoxy) is 2. The van der Waals surface area contributed by atoms with Gasteiger partial charge in [0.1, 0.15) is 0 Å². The van der Waals surface area contributed by atoms with Crippen LogP contribution >= 0.6 is 0 Å². The summed E-state index contributed by atoms with van der Waals surface area (Å²) in [6.07, 6.45) is -1.24. The van der Waals surface area contributed by atoms with E-state index in [0.29, 0.717) is 6.61 Å². The van der Waals surface area contributed by atoms with Crippen LogP contribution in [0.3, 0.4) is 0 Å². The largest absolute Gasteiger partial charge is 0.464 e. The molecule has 0 saturated carbocycles. The van der Waals surface area contributed by atoms with E-state index in [4.69, 9.17) is 9.47 Å². The molecule has 1 rings (SSSR count). The molecular weight excluding hydrogens is 232 g/mol. The second-order valence-corrected chi connectivity index (χ2v) is 3.86. The maximum atomic E-state index is 11.4. The van der Waals surface area contributed by atoms with Crippen molar-refractivity contribution in [3.8, 4) is 0 Å². The molecule has 18 heavy (non-hydrogen) atoms. The number of aliphatic hydroxyl groups is 1. The lowest BCUT2D eigenvalue weighted by molar-refractivity contribution is -0.155. The molecule has 0 aliphatic rings. The number of carbonyl (C=O) groups is 1. The lowest BCUT2D eigenvalue weighted by Gasteiger charge is -2.19. The summed E-state index contributed by atoms with van der Waals surface area (Å²) in [5.74, 6) is -0.599. The maximum Gasteiger partial charge on any atom is 0.335 e. The van der Waals surface area contributed by atoms with Gasteiger partial charge in [0.2, 0.25) is 0 Å². The van der Waals surface area contributed by atoms with Crippen molar-refractivity contribution in [3.05, 3.63) is 35.9 Å². The van der Waals surface area contributed by atoms with Crippen LogP contribution in [0, 0.1) is 0 Å². The molecule has 0 heterocycles. The average Bonchev–Trinajstić information content (AvgIpc) is 2.39. The minimum atomic E-state index is -1.15. The van der Waals surface area contributed by atoms with Crippen molar-refractivity contribution in [1.29, 1.82) is 0 Å². The molecule has 1 aromatic rings. The van der Waals surface area contributed by atoms with Gasteiger partial charge in [-0.05, 0) is 19.4 Å². The van der Waals surface area contributed by atoms with Gasteiger partial charge in [-0.1, -0.05) is 30.3 Å². The molecule has 1 N–H and O–H groups in total. The monoisotopic (exact) mass is 252 g/mol. The average molecular weight is 252 g/mol. The first-order valence-electron chi connectivity index (χ1n) is 6.20. The van der Waals surface area contributed by atoms with Crippen LogP contribution in [0.25, 0.3) is 0 Å². The highest BCUT2D eigenvalue weighted by molar-refractivity contribution is 5.74. The van der Waals surface area contributed by atoms with E-state index in [9.17, 15) is 9.90 Å². The summed E-state index contributed by atoms with van der Waals surface area (Å²) in [7, 11) is 0. The van der Waals surface area contributed by atoms with E-state index in [1.54, 1.807) is 6.92 Å². The first kappa shape index (κ1) is 14.7. The van der Waals surface area contributed by atoms with Crippen LogP contribution in [-0.2, 0) is 14.3 Å². The van der Waals surface area contributed by atoms with Gasteiger partial charge in [-0.15, -0.1) is 0 Å². The summed E-state index contributed by atoms with van der Waals surface area (Å²) < 4.78 is 10.3. The van der Waals surface area contributed by atoms with Crippen LogP contribution in [0.1, 0.15) is 31.9 Å². The van der Waals surface area contributed by atoms with Gasteiger partial charge in [0.05, 0.1) is 12.7 Å². The molecule has 0 aromatic heterocycles. The third-order valence-corrected chi connectivity index (χ3v) is 2.54. The zero-order valence-electron chi connectivity index (χ0n) is 10.8. The van der Waals surface area contributed by atoms with Gasteiger partial charge in [-0.25, -0.2) is 4.79 Å². The second-order valence-electron chi connectivity index (χ2n) is 3.86. The number of benzene rings is 1. The van der Waals surface area contributed by atoms with E-state index in [0.717, 1.165) is 5.56 Å². The first-order valence-corrected chi connectivity index (χ1v) is 6.20. The molecule has 4 nitrogen and oxygen atoms in total. The molecule has 0 saturated heterocycles. The molecule has 2 atom stereocenters. The third kappa shape index (κ3) is 4.47. The Balaban J connectivity index is 2.66. The number of hydrogen-bond donors (Lipinski definition) is 1. The summed E-state index contributed by atoms with van der Waals surface area (Å²) in [6, 6.07) is 9.54. The SMILES string of the molecule is CCOC(=O)C(O)CC(OCC)c1ccccc1. The fraction of sp³-hybridized carbons (Fsp3) is 0.500. The highest BCUT2D eigenvalue weighted by atomic mass is 16.5. The summed E-state index contributed by atoms with van der Waals surface area (Å²) in [4.78, 5) is 11.4. The summed E-state index contributed by atoms with van der Waals surface area (Å²) in [6.45, 7) is 4.38. The number of esters is 1. The van der Waals surface area contributed by atoms with Crippen LogP contribution in [0.4, 0.5) is 0 Å². The van der Waals surface area contributed by atoms with Crippen molar-refractivity contribution in [3.63, 3.8) is 0 Å². The molecule has 0 spiro atoms. The van der Waals surface area contributed by atoms with E-state index in [1.807, 2.05) is 37.3 Å². The topological polar surface area (TPSA) is 55.8 Å². The molecule has 100 valence electrons. The number of carbonyl (C=O) groups excluding carboxylic acids is 1. The predicted octanol–water partition coefficient (Wildman–Crippen LogP) is 2.08. The van der Waals surface area contributed by atoms with Crippen LogP contribution < -0.4 is 0 Å². The van der Waals surface area contributed by atoms with Crippen molar-refractivity contribution < 1.29 is 19.4 Å². The first-order chi connectivity index (χ1) is 8.69. The van der Waals surface area contributed by atoms with Gasteiger partial charge < -0.3 is 14.6 Å². The molecule has 4 heteroatoms. The molecule has 0 radical (unpaired) electrons. The minimum absolute atomic E-state index is 0.205. The van der Waals surface area contributed by atoms with Crippen LogP contribution in [0.15, 0.2) is 30.3 Å². The Morgan fingerprint density at radius 3 is 2.44 bits per heavy atom. The van der Waals surface area contributed by atoms with Gasteiger partial charge >= 0.3 is 5.97 Å². The summed E-state index contributed by atoms with van der Waals surface area (Å²) >= 11 is 0. The Labute approximate surface area is 108 Å². The number of aliphatic hydroxyl groups excluding tert-OH is 1. The Bertz CT molecular complexity index is 350. The van der Waals surface area contributed by atoms with E-state index in [-0.39, 0.29) is 19.1 Å². The van der Waals surface area contributed by atoms with Crippen molar-refractivity contribution in [1.82, 2.24) is 0 Å². The summed E-state index contributed by atoms with van der Waals surface area (Å²) in [5, 5.41) is 9.75. The Morgan fingerprint density at radius 1 is 1.22 bits per heavy atom. The lowest BCUT2D eigenvalue weighted by Crippen LogP contribution is -2.26. The molecule has 0 aliphatic carbocycles. The zero-order chi connectivity index (χ0) is 13.4. The predicted molar refractivity (Wildman–Crippen MR) is 68.1 cm³/mol. The number of rotatable bonds is 7. The maximum absolute atomic E-state index is 11.4. The molecule has 0 amide bonds. The van der Waals surface area contributed by atoms with E-state index >= 15 is 0 Å². The van der Waals surface area contributed by atoms with Crippen molar-refractivity contribution in [2.75, 3.05) is 13.2 Å². The zero-order valence-corrected chi connectivity index (χ0v) is 10.8. The quantitative estimate of drug-likeness (QED) is 0.755. The van der Waals surface area contributed by atoms with Gasteiger partial charge in [0.15, 0.2) is 6.10 Å². The van der Waals surface area contributed by atoms with Gasteiger partial charge in [-0.2, -0.15) is 0 Å². The van der Waals surface area contributed by atoms with Crippen molar-refractivity contribution >= 4 is 5.97 Å². The van der Waals surface area contributed by atoms with Crippen molar-refractivity contribution in [2.24, 2.45) is 0 Å². The second kappa shape index (κ2) is 7.84. The van der Waals surface area contributed by atoms with Crippen LogP contribution in [-0.4, -0.2) is 30.4 Å². The fourth-order valence-corrected chi connectivity index (χ4v) is 1.71. The van der Waals surface area contributed by atoms with Crippen LogP contribution in [0.5, 0.6) is 0 Å². The minimum Gasteiger partial charge on any atom is -0.464 e. The van der Waals surface area contributed by atoms with E-state index in [2.05, 4.69) is 0 Å². The molecule has 0 fully saturated rings. The Morgan fingerprint density at radius 2 is 1.89 bits per heavy atom. The van der Waals surface area contributed by atoms with Gasteiger partial charge in [0, 0.05) is 13.0 Å². The molecular formula is C14H20O4. The van der Waals surface area contributed by atoms with E-state index in [1.165, 1.54) is 0 Å². The molecule has 2 unspecified atom stereocenters. The smallest absolute Gasteiger partial charge is 0.335 e. The molecule has 1 aromatic carbocycles. The lowest BCUT2D eigenvalue weighted by atomic mass is 10.0. The molecule has 0 aliphatic heterocycles. The van der Waals surface area contributed by atoms with E-state index < -0.39 is 12.1 Å². The standard InChI is InChI=1S/C14H20O4/c1-3-17-13(11-8-6-5-7-9-11)10-12(15)14(16)18-4-2/h5-9,12-13,15H,3-4,10H2,1-2H3. The van der Waals surface area contributed by atoms with Gasteiger partial charge in [-0.3, -0.25) is 0 Å². The van der Waals surface area contributed by atoms with Crippen LogP contribution in [0.2, 0.25) is 0 Å². The Kier molecular flexibility index (Phi) is 6.39. The molecule has 0 bridgehead atoms. The summed E-state index contributed by atoms with van der Waals surface area (Å²) in [5.41, 5.74) is 0.947.